The maximum atomic E-state index is 11.8. The van der Waals surface area contributed by atoms with Crippen molar-refractivity contribution in [2.45, 2.75) is 45.6 Å². The van der Waals surface area contributed by atoms with Gasteiger partial charge >= 0.3 is 5.97 Å². The summed E-state index contributed by atoms with van der Waals surface area (Å²) in [7, 11) is 0. The Balaban J connectivity index is 5.00. The number of hydrogen-bond donors (Lipinski definition) is 2. The van der Waals surface area contributed by atoms with E-state index in [9.17, 15) is 14.4 Å². The van der Waals surface area contributed by atoms with Crippen molar-refractivity contribution in [2.24, 2.45) is 0 Å². The molecule has 0 aliphatic heterocycles. The molecule has 0 saturated heterocycles. The van der Waals surface area contributed by atoms with Gasteiger partial charge in [-0.1, -0.05) is 13.8 Å². The van der Waals surface area contributed by atoms with Crippen molar-refractivity contribution < 1.29 is 19.5 Å². The predicted molar refractivity (Wildman–Crippen MR) is 66.9 cm³/mol. The topological polar surface area (TPSA) is 74.7 Å². The molecule has 0 aromatic rings. The molecule has 0 fully saturated rings. The molecule has 6 heteroatoms. The van der Waals surface area contributed by atoms with E-state index in [0.29, 0.717) is 12.8 Å². The molecule has 0 aromatic heterocycles. The van der Waals surface area contributed by atoms with Gasteiger partial charge in [-0.15, -0.1) is 0 Å². The molecule has 0 heterocycles. The summed E-state index contributed by atoms with van der Waals surface area (Å²) >= 11 is 3.89. The zero-order valence-corrected chi connectivity index (χ0v) is 11.1. The minimum Gasteiger partial charge on any atom is -0.480 e. The molecule has 0 bridgehead atoms. The lowest BCUT2D eigenvalue weighted by Crippen LogP contribution is -2.49. The minimum absolute atomic E-state index is 0.0692. The average molecular weight is 261 g/mol. The summed E-state index contributed by atoms with van der Waals surface area (Å²) in [5, 5.41) is 8.98. The highest BCUT2D eigenvalue weighted by Crippen LogP contribution is 2.10. The lowest BCUT2D eigenvalue weighted by molar-refractivity contribution is -0.157. The second-order valence-corrected chi connectivity index (χ2v) is 4.06. The van der Waals surface area contributed by atoms with Gasteiger partial charge in [0.15, 0.2) is 0 Å². The van der Waals surface area contributed by atoms with E-state index in [2.05, 4.69) is 12.6 Å². The maximum Gasteiger partial charge on any atom is 0.327 e. The van der Waals surface area contributed by atoms with E-state index >= 15 is 0 Å². The number of amides is 2. The zero-order chi connectivity index (χ0) is 13.4. The molecule has 1 N–H and O–H groups in total. The van der Waals surface area contributed by atoms with Crippen LogP contribution in [0.3, 0.4) is 0 Å². The van der Waals surface area contributed by atoms with Crippen molar-refractivity contribution in [3.8, 4) is 0 Å². The van der Waals surface area contributed by atoms with Crippen LogP contribution in [-0.2, 0) is 14.4 Å². The summed E-state index contributed by atoms with van der Waals surface area (Å²) < 4.78 is 0. The molecule has 1 unspecified atom stereocenters. The second kappa shape index (κ2) is 8.11. The number of carbonyl (C=O) groups is 3. The summed E-state index contributed by atoms with van der Waals surface area (Å²) in [5.74, 6) is -2.14. The number of rotatable bonds is 7. The number of carboxylic acid groups (broad SMARTS) is 1. The van der Waals surface area contributed by atoms with Gasteiger partial charge in [0.25, 0.3) is 0 Å². The highest BCUT2D eigenvalue weighted by atomic mass is 32.1. The smallest absolute Gasteiger partial charge is 0.327 e. The van der Waals surface area contributed by atoms with Gasteiger partial charge in [-0.2, -0.15) is 12.6 Å². The van der Waals surface area contributed by atoms with Crippen molar-refractivity contribution in [2.75, 3.05) is 5.75 Å². The Labute approximate surface area is 107 Å². The van der Waals surface area contributed by atoms with Gasteiger partial charge < -0.3 is 5.11 Å². The van der Waals surface area contributed by atoms with Crippen LogP contribution in [0.1, 0.15) is 39.5 Å². The lowest BCUT2D eigenvalue weighted by Gasteiger charge is -2.26. The molecule has 5 nitrogen and oxygen atoms in total. The molecule has 0 saturated carbocycles. The van der Waals surface area contributed by atoms with E-state index in [-0.39, 0.29) is 18.6 Å². The van der Waals surface area contributed by atoms with Crippen LogP contribution >= 0.6 is 12.6 Å². The van der Waals surface area contributed by atoms with E-state index in [1.807, 2.05) is 0 Å². The number of carboxylic acids is 1. The van der Waals surface area contributed by atoms with Gasteiger partial charge in [0.2, 0.25) is 11.8 Å². The summed E-state index contributed by atoms with van der Waals surface area (Å²) in [5.41, 5.74) is 0. The summed E-state index contributed by atoms with van der Waals surface area (Å²) in [6.07, 6.45) is 1.50. The van der Waals surface area contributed by atoms with Crippen LogP contribution in [0.25, 0.3) is 0 Å². The SMILES string of the molecule is CCCC(=O)N(C(=O)CCC)C(CS)C(=O)O. The van der Waals surface area contributed by atoms with Crippen LogP contribution < -0.4 is 0 Å². The van der Waals surface area contributed by atoms with Crippen LogP contribution in [0, 0.1) is 0 Å². The number of thiol groups is 1. The first-order chi connectivity index (χ1) is 7.99. The first kappa shape index (κ1) is 16.0. The van der Waals surface area contributed by atoms with Crippen LogP contribution in [-0.4, -0.2) is 39.6 Å². The highest BCUT2D eigenvalue weighted by Gasteiger charge is 2.32. The van der Waals surface area contributed by atoms with Gasteiger partial charge in [0.1, 0.15) is 6.04 Å². The van der Waals surface area contributed by atoms with Crippen molar-refractivity contribution in [1.29, 1.82) is 0 Å². The lowest BCUT2D eigenvalue weighted by atomic mass is 10.2. The Bertz CT molecular complexity index is 275. The molecule has 0 radical (unpaired) electrons. The molecule has 0 spiro atoms. The number of aliphatic carboxylic acids is 1. The van der Waals surface area contributed by atoms with Gasteiger partial charge in [0.05, 0.1) is 0 Å². The fourth-order valence-corrected chi connectivity index (χ4v) is 1.75. The average Bonchev–Trinajstić information content (AvgIpc) is 2.25. The van der Waals surface area contributed by atoms with Gasteiger partial charge in [0, 0.05) is 18.6 Å². The molecule has 0 aromatic carbocycles. The van der Waals surface area contributed by atoms with Crippen molar-refractivity contribution in [1.82, 2.24) is 4.90 Å². The zero-order valence-electron chi connectivity index (χ0n) is 10.2. The van der Waals surface area contributed by atoms with E-state index in [4.69, 9.17) is 5.11 Å². The van der Waals surface area contributed by atoms with Crippen molar-refractivity contribution >= 4 is 30.4 Å². The predicted octanol–water partition coefficient (Wildman–Crippen LogP) is 1.32. The molecule has 0 aliphatic carbocycles. The van der Waals surface area contributed by atoms with E-state index in [0.717, 1.165) is 4.90 Å². The standard InChI is InChI=1S/C11H19NO4S/c1-3-5-9(13)12(10(14)6-4-2)8(7-17)11(15)16/h8,17H,3-7H2,1-2H3,(H,15,16). The van der Waals surface area contributed by atoms with Crippen molar-refractivity contribution in [3.05, 3.63) is 0 Å². The number of nitrogens with zero attached hydrogens (tertiary/aromatic N) is 1. The summed E-state index contributed by atoms with van der Waals surface area (Å²) in [6, 6.07) is -1.17. The maximum absolute atomic E-state index is 11.8. The Morgan fingerprint density at radius 3 is 1.76 bits per heavy atom. The quantitative estimate of drug-likeness (QED) is 0.678. The fraction of sp³-hybridized carbons (Fsp3) is 0.727. The van der Waals surface area contributed by atoms with Crippen LogP contribution in [0.5, 0.6) is 0 Å². The van der Waals surface area contributed by atoms with E-state index in [1.165, 1.54) is 0 Å². The molecular weight excluding hydrogens is 242 g/mol. The van der Waals surface area contributed by atoms with E-state index < -0.39 is 23.8 Å². The van der Waals surface area contributed by atoms with Crippen LogP contribution in [0.4, 0.5) is 0 Å². The van der Waals surface area contributed by atoms with Gasteiger partial charge in [-0.25, -0.2) is 4.79 Å². The van der Waals surface area contributed by atoms with Gasteiger partial charge in [-0.3, -0.25) is 14.5 Å². The van der Waals surface area contributed by atoms with E-state index in [1.54, 1.807) is 13.8 Å². The van der Waals surface area contributed by atoms with Gasteiger partial charge in [-0.05, 0) is 12.8 Å². The van der Waals surface area contributed by atoms with Crippen LogP contribution in [0.2, 0.25) is 0 Å². The molecular formula is C11H19NO4S. The number of imide groups is 1. The highest BCUT2D eigenvalue weighted by molar-refractivity contribution is 7.80. The Hall–Kier alpha value is -1.04. The summed E-state index contributed by atoms with van der Waals surface area (Å²) in [4.78, 5) is 35.4. The largest absolute Gasteiger partial charge is 0.480 e. The Morgan fingerprint density at radius 2 is 1.53 bits per heavy atom. The molecule has 98 valence electrons. The third-order valence-electron chi connectivity index (χ3n) is 2.23. The monoisotopic (exact) mass is 261 g/mol. The second-order valence-electron chi connectivity index (χ2n) is 3.69. The molecule has 0 aliphatic rings. The summed E-state index contributed by atoms with van der Waals surface area (Å²) in [6.45, 7) is 3.60. The molecule has 1 atom stereocenters. The molecule has 17 heavy (non-hydrogen) atoms. The first-order valence-electron chi connectivity index (χ1n) is 5.68. The van der Waals surface area contributed by atoms with Crippen LogP contribution in [0.15, 0.2) is 0 Å². The Morgan fingerprint density at radius 1 is 1.12 bits per heavy atom. The van der Waals surface area contributed by atoms with Crippen molar-refractivity contribution in [3.63, 3.8) is 0 Å². The third kappa shape index (κ3) is 4.77. The minimum atomic E-state index is -1.20. The molecule has 0 rings (SSSR count). The number of hydrogen-bond acceptors (Lipinski definition) is 4. The third-order valence-corrected chi connectivity index (χ3v) is 2.58. The Kier molecular flexibility index (Phi) is 7.61. The first-order valence-corrected chi connectivity index (χ1v) is 6.31. The molecule has 2 amide bonds. The normalized spacial score (nSPS) is 11.9. The fourth-order valence-electron chi connectivity index (χ4n) is 1.43. The number of carbonyl (C=O) groups excluding carboxylic acids is 2.